The third kappa shape index (κ3) is 6.67. The fourth-order valence-corrected chi connectivity index (χ4v) is 4.52. The monoisotopic (exact) mass is 466 g/mol. The zero-order valence-corrected chi connectivity index (χ0v) is 18.6. The van der Waals surface area contributed by atoms with E-state index in [9.17, 15) is 8.42 Å². The van der Waals surface area contributed by atoms with Gasteiger partial charge in [-0.2, -0.15) is 4.31 Å². The molecule has 0 atom stereocenters. The fourth-order valence-electron chi connectivity index (χ4n) is 3.10. The molecule has 0 saturated carbocycles. The Morgan fingerprint density at radius 2 is 1.44 bits per heavy atom. The summed E-state index contributed by atoms with van der Waals surface area (Å²) < 4.78 is 37.6. The van der Waals surface area contributed by atoms with Gasteiger partial charge in [-0.25, -0.2) is 18.0 Å². The largest absolute Gasteiger partial charge is 0.497 e. The van der Waals surface area contributed by atoms with Gasteiger partial charge in [0.2, 0.25) is 10.0 Å². The highest BCUT2D eigenvalue weighted by atomic mass is 32.2. The Morgan fingerprint density at radius 1 is 0.875 bits per heavy atom. The minimum Gasteiger partial charge on any atom is -0.497 e. The summed E-state index contributed by atoms with van der Waals surface area (Å²) in [6.07, 6.45) is 0. The number of carboxylic acid groups (broad SMARTS) is 2. The van der Waals surface area contributed by atoms with Gasteiger partial charge in [0.05, 0.1) is 19.1 Å². The van der Waals surface area contributed by atoms with E-state index in [0.717, 1.165) is 17.9 Å². The van der Waals surface area contributed by atoms with Crippen LogP contribution in [0.15, 0.2) is 53.4 Å². The average Bonchev–Trinajstić information content (AvgIpc) is 2.80. The van der Waals surface area contributed by atoms with E-state index in [1.165, 1.54) is 0 Å². The lowest BCUT2D eigenvalue weighted by Gasteiger charge is -2.34. The van der Waals surface area contributed by atoms with Crippen LogP contribution in [0.3, 0.4) is 0 Å². The second-order valence-electron chi connectivity index (χ2n) is 6.78. The Labute approximate surface area is 186 Å². The number of para-hydroxylation sites is 1. The van der Waals surface area contributed by atoms with Crippen LogP contribution in [-0.2, 0) is 26.2 Å². The molecule has 0 aliphatic carbocycles. The molecule has 0 bridgehead atoms. The lowest BCUT2D eigenvalue weighted by molar-refractivity contribution is -0.159. The first kappa shape index (κ1) is 25.1. The molecule has 174 valence electrons. The van der Waals surface area contributed by atoms with Gasteiger partial charge in [0.25, 0.3) is 0 Å². The molecule has 0 amide bonds. The molecule has 1 fully saturated rings. The van der Waals surface area contributed by atoms with Gasteiger partial charge in [0.1, 0.15) is 11.5 Å². The number of hydrogen-bond donors (Lipinski definition) is 2. The number of benzene rings is 2. The smallest absolute Gasteiger partial charge is 0.414 e. The van der Waals surface area contributed by atoms with Crippen molar-refractivity contribution in [2.75, 3.05) is 40.4 Å². The molecule has 32 heavy (non-hydrogen) atoms. The van der Waals surface area contributed by atoms with E-state index in [0.29, 0.717) is 36.8 Å². The first-order valence-corrected chi connectivity index (χ1v) is 11.1. The van der Waals surface area contributed by atoms with Crippen LogP contribution in [0.5, 0.6) is 11.5 Å². The van der Waals surface area contributed by atoms with E-state index in [1.807, 2.05) is 24.3 Å². The van der Waals surface area contributed by atoms with Gasteiger partial charge in [0, 0.05) is 38.3 Å². The lowest BCUT2D eigenvalue weighted by Crippen LogP contribution is -2.48. The Kier molecular flexibility index (Phi) is 9.00. The number of methoxy groups -OCH3 is 2. The molecule has 2 aromatic rings. The second-order valence-corrected chi connectivity index (χ2v) is 8.72. The zero-order chi connectivity index (χ0) is 23.7. The Hall–Kier alpha value is -3.15. The third-order valence-electron chi connectivity index (χ3n) is 4.80. The summed E-state index contributed by atoms with van der Waals surface area (Å²) in [6, 6.07) is 14.4. The predicted molar refractivity (Wildman–Crippen MR) is 115 cm³/mol. The number of piperazine rings is 1. The molecule has 1 saturated heterocycles. The van der Waals surface area contributed by atoms with Crippen LogP contribution in [0.4, 0.5) is 0 Å². The van der Waals surface area contributed by atoms with E-state index in [2.05, 4.69) is 4.90 Å². The number of hydrogen-bond acceptors (Lipinski definition) is 7. The van der Waals surface area contributed by atoms with Crippen LogP contribution in [0.1, 0.15) is 5.56 Å². The molecular formula is C21H26N2O8S. The lowest BCUT2D eigenvalue weighted by atomic mass is 10.2. The van der Waals surface area contributed by atoms with Crippen LogP contribution in [-0.4, -0.2) is 80.2 Å². The summed E-state index contributed by atoms with van der Waals surface area (Å²) >= 11 is 0. The second kappa shape index (κ2) is 11.5. The van der Waals surface area contributed by atoms with E-state index in [4.69, 9.17) is 29.3 Å². The van der Waals surface area contributed by atoms with Crippen molar-refractivity contribution in [2.24, 2.45) is 0 Å². The summed E-state index contributed by atoms with van der Waals surface area (Å²) in [5.74, 6) is -2.14. The topological polar surface area (TPSA) is 134 Å². The van der Waals surface area contributed by atoms with Gasteiger partial charge in [-0.15, -0.1) is 0 Å². The van der Waals surface area contributed by atoms with Crippen molar-refractivity contribution < 1.29 is 37.7 Å². The predicted octanol–water partition coefficient (Wildman–Crippen LogP) is 1.37. The summed E-state index contributed by atoms with van der Waals surface area (Å²) in [6.45, 7) is 3.08. The first-order valence-electron chi connectivity index (χ1n) is 9.63. The number of aliphatic carboxylic acids is 2. The molecule has 2 N–H and O–H groups in total. The maximum Gasteiger partial charge on any atom is 0.414 e. The number of carboxylic acids is 2. The molecule has 11 heteroatoms. The highest BCUT2D eigenvalue weighted by Gasteiger charge is 2.28. The van der Waals surface area contributed by atoms with Crippen molar-refractivity contribution in [1.82, 2.24) is 9.21 Å². The Morgan fingerprint density at radius 3 is 1.94 bits per heavy atom. The number of nitrogens with zero attached hydrogens (tertiary/aromatic N) is 2. The van der Waals surface area contributed by atoms with Gasteiger partial charge in [0.15, 0.2) is 0 Å². The van der Waals surface area contributed by atoms with Crippen LogP contribution < -0.4 is 9.47 Å². The molecule has 1 heterocycles. The summed E-state index contributed by atoms with van der Waals surface area (Å²) in [4.78, 5) is 20.7. The van der Waals surface area contributed by atoms with Gasteiger partial charge in [-0.1, -0.05) is 18.2 Å². The van der Waals surface area contributed by atoms with Crippen LogP contribution >= 0.6 is 0 Å². The minimum atomic E-state index is -3.47. The van der Waals surface area contributed by atoms with Crippen molar-refractivity contribution in [1.29, 1.82) is 0 Å². The van der Waals surface area contributed by atoms with Gasteiger partial charge in [-0.05, 0) is 30.3 Å². The normalized spacial score (nSPS) is 14.7. The van der Waals surface area contributed by atoms with Crippen molar-refractivity contribution in [3.8, 4) is 11.5 Å². The van der Waals surface area contributed by atoms with Crippen LogP contribution in [0, 0.1) is 0 Å². The Balaban J connectivity index is 0.000000534. The quantitative estimate of drug-likeness (QED) is 0.605. The summed E-state index contributed by atoms with van der Waals surface area (Å²) in [5.41, 5.74) is 1.11. The van der Waals surface area contributed by atoms with E-state index >= 15 is 0 Å². The van der Waals surface area contributed by atoms with E-state index in [-0.39, 0.29) is 0 Å². The zero-order valence-electron chi connectivity index (χ0n) is 17.8. The number of carbonyl (C=O) groups is 2. The van der Waals surface area contributed by atoms with Crippen LogP contribution in [0.25, 0.3) is 0 Å². The minimum absolute atomic E-state index is 0.302. The van der Waals surface area contributed by atoms with Crippen molar-refractivity contribution in [2.45, 2.75) is 11.4 Å². The van der Waals surface area contributed by atoms with Crippen molar-refractivity contribution in [3.63, 3.8) is 0 Å². The summed E-state index contributed by atoms with van der Waals surface area (Å²) in [7, 11) is -0.245. The maximum absolute atomic E-state index is 12.8. The van der Waals surface area contributed by atoms with Crippen molar-refractivity contribution in [3.05, 3.63) is 54.1 Å². The first-order chi connectivity index (χ1) is 15.2. The molecule has 0 unspecified atom stereocenters. The molecule has 0 spiro atoms. The SMILES string of the molecule is COc1ccc(S(=O)(=O)N2CCN(Cc3ccccc3OC)CC2)cc1.O=C(O)C(=O)O. The molecule has 1 aliphatic heterocycles. The molecule has 3 rings (SSSR count). The number of ether oxygens (including phenoxy) is 2. The van der Waals surface area contributed by atoms with E-state index in [1.54, 1.807) is 42.8 Å². The van der Waals surface area contributed by atoms with Gasteiger partial charge < -0.3 is 19.7 Å². The summed E-state index contributed by atoms with van der Waals surface area (Å²) in [5, 5.41) is 14.8. The Bertz CT molecular complexity index is 1000. The number of rotatable bonds is 6. The molecular weight excluding hydrogens is 440 g/mol. The average molecular weight is 467 g/mol. The highest BCUT2D eigenvalue weighted by Crippen LogP contribution is 2.23. The molecule has 0 radical (unpaired) electrons. The van der Waals surface area contributed by atoms with Crippen molar-refractivity contribution >= 4 is 22.0 Å². The standard InChI is InChI=1S/C19H24N2O4S.C2H2O4/c1-24-17-7-9-18(10-8-17)26(22,23)21-13-11-20(12-14-21)15-16-5-3-4-6-19(16)25-2;3-1(4)2(5)6/h3-10H,11-15H2,1-2H3;(H,3,4)(H,5,6). The molecule has 10 nitrogen and oxygen atoms in total. The van der Waals surface area contributed by atoms with E-state index < -0.39 is 22.0 Å². The molecule has 2 aromatic carbocycles. The van der Waals surface area contributed by atoms with Crippen LogP contribution in [0.2, 0.25) is 0 Å². The maximum atomic E-state index is 12.8. The number of sulfonamides is 1. The molecule has 0 aromatic heterocycles. The molecule has 1 aliphatic rings. The third-order valence-corrected chi connectivity index (χ3v) is 6.71. The fraction of sp³-hybridized carbons (Fsp3) is 0.333. The van der Waals surface area contributed by atoms with Gasteiger partial charge in [-0.3, -0.25) is 4.90 Å². The van der Waals surface area contributed by atoms with Gasteiger partial charge >= 0.3 is 11.9 Å². The highest BCUT2D eigenvalue weighted by molar-refractivity contribution is 7.89.